The topological polar surface area (TPSA) is 81.4 Å². The van der Waals surface area contributed by atoms with E-state index in [1.165, 1.54) is 6.26 Å². The maximum Gasteiger partial charge on any atom is 0.214 e. The lowest BCUT2D eigenvalue weighted by atomic mass is 9.96. The SMILES string of the molecule is CC1(C)CCC[C@H](CS(=O)(=O)NCCc2cnoc2)O1. The van der Waals surface area contributed by atoms with Crippen molar-refractivity contribution in [1.29, 1.82) is 0 Å². The van der Waals surface area contributed by atoms with E-state index in [9.17, 15) is 8.42 Å². The molecule has 0 bridgehead atoms. The highest BCUT2D eigenvalue weighted by Gasteiger charge is 2.31. The molecule has 0 radical (unpaired) electrons. The Balaban J connectivity index is 1.78. The largest absolute Gasteiger partial charge is 0.371 e. The minimum atomic E-state index is -3.31. The summed E-state index contributed by atoms with van der Waals surface area (Å²) in [7, 11) is -3.31. The molecule has 2 rings (SSSR count). The zero-order chi connectivity index (χ0) is 14.6. The van der Waals surface area contributed by atoms with Crippen molar-refractivity contribution in [3.8, 4) is 0 Å². The molecule has 0 aliphatic carbocycles. The van der Waals surface area contributed by atoms with Crippen LogP contribution >= 0.6 is 0 Å². The Bertz CT molecular complexity index is 510. The van der Waals surface area contributed by atoms with Gasteiger partial charge in [0.25, 0.3) is 0 Å². The molecule has 1 aliphatic rings. The summed E-state index contributed by atoms with van der Waals surface area (Å²) in [6.45, 7) is 4.36. The van der Waals surface area contributed by atoms with Crippen LogP contribution < -0.4 is 4.72 Å². The van der Waals surface area contributed by atoms with Crippen LogP contribution in [0.2, 0.25) is 0 Å². The standard InChI is InChI=1S/C13H22N2O4S/c1-13(2)6-3-4-12(19-13)10-20(16,17)15-7-5-11-8-14-18-9-11/h8-9,12,15H,3-7,10H2,1-2H3/t12-/m1/s1. The van der Waals surface area contributed by atoms with Crippen molar-refractivity contribution in [2.75, 3.05) is 12.3 Å². The highest BCUT2D eigenvalue weighted by Crippen LogP contribution is 2.28. The number of nitrogens with one attached hydrogen (secondary N) is 1. The Hall–Kier alpha value is -0.920. The normalized spacial score (nSPS) is 22.8. The molecular formula is C13H22N2O4S. The third-order valence-electron chi connectivity index (χ3n) is 3.42. The first-order valence-electron chi connectivity index (χ1n) is 6.90. The van der Waals surface area contributed by atoms with Crippen LogP contribution in [0.4, 0.5) is 0 Å². The van der Waals surface area contributed by atoms with Gasteiger partial charge in [0, 0.05) is 12.1 Å². The molecule has 1 aliphatic heterocycles. The summed E-state index contributed by atoms with van der Waals surface area (Å²) in [6, 6.07) is 0. The van der Waals surface area contributed by atoms with E-state index in [4.69, 9.17) is 9.26 Å². The Kier molecular flexibility index (Phi) is 4.82. The van der Waals surface area contributed by atoms with Crippen molar-refractivity contribution in [3.63, 3.8) is 0 Å². The molecule has 0 spiro atoms. The summed E-state index contributed by atoms with van der Waals surface area (Å²) in [5.74, 6) is 0.0278. The van der Waals surface area contributed by atoms with Gasteiger partial charge >= 0.3 is 0 Å². The van der Waals surface area contributed by atoms with E-state index in [0.29, 0.717) is 13.0 Å². The first-order valence-corrected chi connectivity index (χ1v) is 8.55. The Morgan fingerprint density at radius 1 is 1.50 bits per heavy atom. The van der Waals surface area contributed by atoms with Crippen molar-refractivity contribution in [2.24, 2.45) is 0 Å². The highest BCUT2D eigenvalue weighted by molar-refractivity contribution is 7.89. The number of aromatic nitrogens is 1. The Morgan fingerprint density at radius 3 is 2.95 bits per heavy atom. The molecule has 1 aromatic heterocycles. The fourth-order valence-electron chi connectivity index (χ4n) is 2.45. The maximum atomic E-state index is 12.0. The first kappa shape index (κ1) is 15.5. The fourth-order valence-corrected chi connectivity index (χ4v) is 3.70. The zero-order valence-electron chi connectivity index (χ0n) is 12.0. The average molecular weight is 302 g/mol. The van der Waals surface area contributed by atoms with E-state index in [0.717, 1.165) is 24.8 Å². The van der Waals surface area contributed by atoms with Crippen LogP contribution in [0.25, 0.3) is 0 Å². The molecule has 1 saturated heterocycles. The molecule has 1 aromatic rings. The second kappa shape index (κ2) is 6.24. The van der Waals surface area contributed by atoms with Gasteiger partial charge in [-0.25, -0.2) is 13.1 Å². The van der Waals surface area contributed by atoms with Crippen molar-refractivity contribution < 1.29 is 17.7 Å². The maximum absolute atomic E-state index is 12.0. The number of hydrogen-bond acceptors (Lipinski definition) is 5. The van der Waals surface area contributed by atoms with Gasteiger partial charge in [0.2, 0.25) is 10.0 Å². The molecule has 1 N–H and O–H groups in total. The quantitative estimate of drug-likeness (QED) is 0.861. The number of nitrogens with zero attached hydrogens (tertiary/aromatic N) is 1. The molecule has 1 fully saturated rings. The van der Waals surface area contributed by atoms with Gasteiger partial charge in [-0.3, -0.25) is 0 Å². The van der Waals surface area contributed by atoms with Crippen molar-refractivity contribution in [1.82, 2.24) is 9.88 Å². The van der Waals surface area contributed by atoms with Gasteiger partial charge in [-0.15, -0.1) is 0 Å². The lowest BCUT2D eigenvalue weighted by Gasteiger charge is -2.35. The second-order valence-corrected chi connectivity index (χ2v) is 7.70. The summed E-state index contributed by atoms with van der Waals surface area (Å²) in [5, 5.41) is 3.57. The number of hydrogen-bond donors (Lipinski definition) is 1. The molecule has 7 heteroatoms. The van der Waals surface area contributed by atoms with Crippen LogP contribution in [0.5, 0.6) is 0 Å². The van der Waals surface area contributed by atoms with E-state index in [1.807, 2.05) is 13.8 Å². The van der Waals surface area contributed by atoms with Gasteiger partial charge in [0.05, 0.1) is 23.7 Å². The molecule has 0 aromatic carbocycles. The van der Waals surface area contributed by atoms with Gasteiger partial charge in [0.15, 0.2) is 0 Å². The van der Waals surface area contributed by atoms with Gasteiger partial charge in [-0.1, -0.05) is 5.16 Å². The summed E-state index contributed by atoms with van der Waals surface area (Å²) in [5.41, 5.74) is 0.656. The Labute approximate surface area is 119 Å². The Morgan fingerprint density at radius 2 is 2.30 bits per heavy atom. The molecule has 2 heterocycles. The summed E-state index contributed by atoms with van der Waals surface area (Å²) >= 11 is 0. The van der Waals surface area contributed by atoms with Crippen LogP contribution in [0.1, 0.15) is 38.7 Å². The van der Waals surface area contributed by atoms with Crippen LogP contribution in [0.15, 0.2) is 17.0 Å². The van der Waals surface area contributed by atoms with E-state index in [-0.39, 0.29) is 17.5 Å². The highest BCUT2D eigenvalue weighted by atomic mass is 32.2. The summed E-state index contributed by atoms with van der Waals surface area (Å²) < 4.78 is 37.1. The lowest BCUT2D eigenvalue weighted by molar-refractivity contribution is -0.0964. The smallest absolute Gasteiger partial charge is 0.214 e. The molecule has 6 nitrogen and oxygen atoms in total. The lowest BCUT2D eigenvalue weighted by Crippen LogP contribution is -2.41. The molecule has 114 valence electrons. The van der Waals surface area contributed by atoms with E-state index in [1.54, 1.807) is 6.20 Å². The van der Waals surface area contributed by atoms with Crippen molar-refractivity contribution in [2.45, 2.75) is 51.2 Å². The van der Waals surface area contributed by atoms with Gasteiger partial charge in [-0.05, 0) is 39.5 Å². The van der Waals surface area contributed by atoms with Crippen LogP contribution in [-0.2, 0) is 21.2 Å². The van der Waals surface area contributed by atoms with E-state index >= 15 is 0 Å². The second-order valence-electron chi connectivity index (χ2n) is 5.85. The number of sulfonamides is 1. The molecule has 0 amide bonds. The minimum absolute atomic E-state index is 0.0278. The van der Waals surface area contributed by atoms with Gasteiger partial charge < -0.3 is 9.26 Å². The summed E-state index contributed by atoms with van der Waals surface area (Å²) in [6.07, 6.45) is 6.24. The minimum Gasteiger partial charge on any atom is -0.371 e. The average Bonchev–Trinajstić information content (AvgIpc) is 2.79. The third-order valence-corrected chi connectivity index (χ3v) is 4.87. The molecule has 0 unspecified atom stereocenters. The van der Waals surface area contributed by atoms with Gasteiger partial charge in [-0.2, -0.15) is 0 Å². The first-order chi connectivity index (χ1) is 9.36. The predicted molar refractivity (Wildman–Crippen MR) is 74.8 cm³/mol. The third kappa shape index (κ3) is 4.88. The monoisotopic (exact) mass is 302 g/mol. The van der Waals surface area contributed by atoms with Crippen LogP contribution in [0.3, 0.4) is 0 Å². The number of ether oxygens (including phenoxy) is 1. The zero-order valence-corrected chi connectivity index (χ0v) is 12.8. The van der Waals surface area contributed by atoms with E-state index < -0.39 is 10.0 Å². The summed E-state index contributed by atoms with van der Waals surface area (Å²) in [4.78, 5) is 0. The van der Waals surface area contributed by atoms with Crippen molar-refractivity contribution in [3.05, 3.63) is 18.0 Å². The van der Waals surface area contributed by atoms with Crippen LogP contribution in [-0.4, -0.2) is 37.6 Å². The molecule has 20 heavy (non-hydrogen) atoms. The van der Waals surface area contributed by atoms with Gasteiger partial charge in [0.1, 0.15) is 6.26 Å². The molecule has 1 atom stereocenters. The molecule has 0 saturated carbocycles. The molecular weight excluding hydrogens is 280 g/mol. The van der Waals surface area contributed by atoms with Crippen LogP contribution in [0, 0.1) is 0 Å². The fraction of sp³-hybridized carbons (Fsp3) is 0.769. The van der Waals surface area contributed by atoms with E-state index in [2.05, 4.69) is 9.88 Å². The van der Waals surface area contributed by atoms with Crippen molar-refractivity contribution >= 4 is 10.0 Å². The predicted octanol–water partition coefficient (Wildman–Crippen LogP) is 1.48. The number of rotatable bonds is 6.